The van der Waals surface area contributed by atoms with Crippen LogP contribution >= 0.6 is 0 Å². The maximum absolute atomic E-state index is 12.2. The van der Waals surface area contributed by atoms with Crippen LogP contribution in [0.4, 0.5) is 5.69 Å². The van der Waals surface area contributed by atoms with Crippen LogP contribution in [0, 0.1) is 0 Å². The predicted molar refractivity (Wildman–Crippen MR) is 115 cm³/mol. The molecule has 0 atom stereocenters. The quantitative estimate of drug-likeness (QED) is 0.792. The minimum absolute atomic E-state index is 0.0246. The minimum Gasteiger partial charge on any atom is -0.483 e. The first-order chi connectivity index (χ1) is 13.4. The van der Waals surface area contributed by atoms with Gasteiger partial charge in [-0.3, -0.25) is 4.79 Å². The van der Waals surface area contributed by atoms with Crippen LogP contribution in [-0.2, 0) is 16.8 Å². The summed E-state index contributed by atoms with van der Waals surface area (Å²) >= 11 is 0. The maximum Gasteiger partial charge on any atom is 0.258 e. The zero-order valence-corrected chi connectivity index (χ0v) is 17.3. The molecule has 1 N–H and O–H groups in total. The highest BCUT2D eigenvalue weighted by Gasteiger charge is 2.19. The molecule has 2 aromatic rings. The van der Waals surface area contributed by atoms with Crippen LogP contribution in [0.2, 0.25) is 0 Å². The van der Waals surface area contributed by atoms with Crippen LogP contribution < -0.4 is 15.0 Å². The van der Waals surface area contributed by atoms with Crippen molar-refractivity contribution in [1.29, 1.82) is 0 Å². The fourth-order valence-electron chi connectivity index (χ4n) is 3.58. The first-order valence-electron chi connectivity index (χ1n) is 10.3. The normalized spacial score (nSPS) is 14.6. The molecule has 1 amide bonds. The Kier molecular flexibility index (Phi) is 6.61. The molecular weight excluding hydrogens is 348 g/mol. The van der Waals surface area contributed by atoms with Crippen molar-refractivity contribution in [2.75, 3.05) is 24.6 Å². The van der Waals surface area contributed by atoms with Crippen molar-refractivity contribution in [3.63, 3.8) is 0 Å². The van der Waals surface area contributed by atoms with Crippen LogP contribution in [-0.4, -0.2) is 25.6 Å². The Hall–Kier alpha value is -2.49. The van der Waals surface area contributed by atoms with E-state index in [0.717, 1.165) is 30.0 Å². The highest BCUT2D eigenvalue weighted by molar-refractivity contribution is 5.77. The number of nitrogens with zero attached hydrogens (tertiary/aromatic N) is 1. The number of hydrogen-bond acceptors (Lipinski definition) is 3. The summed E-state index contributed by atoms with van der Waals surface area (Å²) in [5.41, 5.74) is 3.46. The second-order valence-electron chi connectivity index (χ2n) is 8.53. The number of anilines is 1. The van der Waals surface area contributed by atoms with Gasteiger partial charge < -0.3 is 15.0 Å². The van der Waals surface area contributed by atoms with E-state index in [1.54, 1.807) is 0 Å². The third kappa shape index (κ3) is 5.51. The fourth-order valence-corrected chi connectivity index (χ4v) is 3.58. The average molecular weight is 381 g/mol. The topological polar surface area (TPSA) is 41.6 Å². The SMILES string of the molecule is CC(C)(C)c1ccccc1OCC(=O)NCc1ccc(N2CCCCC2)cc1. The Balaban J connectivity index is 1.48. The van der Waals surface area contributed by atoms with Crippen LogP contribution in [0.1, 0.15) is 51.2 Å². The van der Waals surface area contributed by atoms with Gasteiger partial charge in [0.1, 0.15) is 5.75 Å². The van der Waals surface area contributed by atoms with Gasteiger partial charge in [0.2, 0.25) is 0 Å². The predicted octanol–water partition coefficient (Wildman–Crippen LogP) is 4.67. The van der Waals surface area contributed by atoms with Gasteiger partial charge >= 0.3 is 0 Å². The lowest BCUT2D eigenvalue weighted by atomic mass is 9.86. The van der Waals surface area contributed by atoms with E-state index >= 15 is 0 Å². The molecule has 0 spiro atoms. The second kappa shape index (κ2) is 9.13. The van der Waals surface area contributed by atoms with Crippen LogP contribution in [0.25, 0.3) is 0 Å². The molecule has 0 radical (unpaired) electrons. The van der Waals surface area contributed by atoms with Crippen LogP contribution in [0.5, 0.6) is 5.75 Å². The second-order valence-corrected chi connectivity index (χ2v) is 8.53. The minimum atomic E-state index is -0.108. The van der Waals surface area contributed by atoms with E-state index in [-0.39, 0.29) is 17.9 Å². The summed E-state index contributed by atoms with van der Waals surface area (Å²) in [4.78, 5) is 14.7. The van der Waals surface area contributed by atoms with Crippen molar-refractivity contribution in [3.8, 4) is 5.75 Å². The number of ether oxygens (including phenoxy) is 1. The van der Waals surface area contributed by atoms with Gasteiger partial charge in [0.15, 0.2) is 6.61 Å². The molecule has 1 aliphatic rings. The lowest BCUT2D eigenvalue weighted by Crippen LogP contribution is -2.30. The molecule has 0 aliphatic carbocycles. The van der Waals surface area contributed by atoms with Crippen LogP contribution in [0.3, 0.4) is 0 Å². The van der Waals surface area contributed by atoms with Gasteiger partial charge in [0, 0.05) is 25.3 Å². The molecule has 0 saturated carbocycles. The number of hydrogen-bond donors (Lipinski definition) is 1. The highest BCUT2D eigenvalue weighted by atomic mass is 16.5. The van der Waals surface area contributed by atoms with E-state index < -0.39 is 0 Å². The standard InChI is InChI=1S/C24H32N2O2/c1-24(2,3)21-9-5-6-10-22(21)28-18-23(27)25-17-19-11-13-20(14-12-19)26-15-7-4-8-16-26/h5-6,9-14H,4,7-8,15-18H2,1-3H3,(H,25,27). The van der Waals surface area contributed by atoms with Crippen molar-refractivity contribution in [2.24, 2.45) is 0 Å². The van der Waals surface area contributed by atoms with Crippen molar-refractivity contribution in [1.82, 2.24) is 5.32 Å². The molecule has 1 fully saturated rings. The van der Waals surface area contributed by atoms with Crippen LogP contribution in [0.15, 0.2) is 48.5 Å². The first-order valence-corrected chi connectivity index (χ1v) is 10.3. The molecule has 4 nitrogen and oxygen atoms in total. The molecule has 3 rings (SSSR count). The number of rotatable bonds is 6. The summed E-state index contributed by atoms with van der Waals surface area (Å²) in [6.07, 6.45) is 3.88. The third-order valence-corrected chi connectivity index (χ3v) is 5.20. The van der Waals surface area contributed by atoms with Gasteiger partial charge in [-0.25, -0.2) is 0 Å². The molecule has 0 unspecified atom stereocenters. The molecule has 150 valence electrons. The molecule has 0 aromatic heterocycles. The molecule has 1 saturated heterocycles. The fraction of sp³-hybridized carbons (Fsp3) is 0.458. The zero-order valence-electron chi connectivity index (χ0n) is 17.3. The highest BCUT2D eigenvalue weighted by Crippen LogP contribution is 2.30. The lowest BCUT2D eigenvalue weighted by Gasteiger charge is -2.28. The first kappa shape index (κ1) is 20.2. The van der Waals surface area contributed by atoms with Gasteiger partial charge in [-0.2, -0.15) is 0 Å². The number of piperidine rings is 1. The Bertz CT molecular complexity index is 772. The van der Waals surface area contributed by atoms with E-state index in [0.29, 0.717) is 6.54 Å². The summed E-state index contributed by atoms with van der Waals surface area (Å²) in [6.45, 7) is 9.25. The number of amides is 1. The molecule has 4 heteroatoms. The van der Waals surface area contributed by atoms with E-state index in [2.05, 4.69) is 61.3 Å². The smallest absolute Gasteiger partial charge is 0.258 e. The monoisotopic (exact) mass is 380 g/mol. The number of benzene rings is 2. The molecular formula is C24H32N2O2. The molecule has 28 heavy (non-hydrogen) atoms. The Morgan fingerprint density at radius 1 is 1.00 bits per heavy atom. The van der Waals surface area contributed by atoms with Gasteiger partial charge in [0.25, 0.3) is 5.91 Å². The lowest BCUT2D eigenvalue weighted by molar-refractivity contribution is -0.123. The number of para-hydroxylation sites is 1. The van der Waals surface area contributed by atoms with Crippen molar-refractivity contribution < 1.29 is 9.53 Å². The van der Waals surface area contributed by atoms with E-state index in [9.17, 15) is 4.79 Å². The largest absolute Gasteiger partial charge is 0.483 e. The average Bonchev–Trinajstić information content (AvgIpc) is 2.71. The number of nitrogens with one attached hydrogen (secondary N) is 1. The Labute approximate surface area is 168 Å². The van der Waals surface area contributed by atoms with E-state index in [4.69, 9.17) is 4.74 Å². The summed E-state index contributed by atoms with van der Waals surface area (Å²) in [6, 6.07) is 16.4. The van der Waals surface area contributed by atoms with Gasteiger partial charge in [-0.1, -0.05) is 51.1 Å². The van der Waals surface area contributed by atoms with E-state index in [1.807, 2.05) is 18.2 Å². The molecule has 0 bridgehead atoms. The number of carbonyl (C=O) groups is 1. The molecule has 2 aromatic carbocycles. The van der Waals surface area contributed by atoms with Gasteiger partial charge in [-0.05, 0) is 54.0 Å². The maximum atomic E-state index is 12.2. The zero-order chi connectivity index (χ0) is 20.0. The molecule has 1 heterocycles. The van der Waals surface area contributed by atoms with Crippen molar-refractivity contribution in [2.45, 2.75) is 52.0 Å². The van der Waals surface area contributed by atoms with Crippen molar-refractivity contribution in [3.05, 3.63) is 59.7 Å². The Morgan fingerprint density at radius 3 is 2.36 bits per heavy atom. The Morgan fingerprint density at radius 2 is 1.68 bits per heavy atom. The van der Waals surface area contributed by atoms with Gasteiger partial charge in [0.05, 0.1) is 0 Å². The summed E-state index contributed by atoms with van der Waals surface area (Å²) in [7, 11) is 0. The number of carbonyl (C=O) groups excluding carboxylic acids is 1. The summed E-state index contributed by atoms with van der Waals surface area (Å²) in [5.74, 6) is 0.667. The van der Waals surface area contributed by atoms with Crippen molar-refractivity contribution >= 4 is 11.6 Å². The van der Waals surface area contributed by atoms with E-state index in [1.165, 1.54) is 24.9 Å². The molecule has 1 aliphatic heterocycles. The summed E-state index contributed by atoms with van der Waals surface area (Å²) in [5, 5.41) is 2.95. The summed E-state index contributed by atoms with van der Waals surface area (Å²) < 4.78 is 5.79. The van der Waals surface area contributed by atoms with Gasteiger partial charge in [-0.15, -0.1) is 0 Å². The third-order valence-electron chi connectivity index (χ3n) is 5.20.